The van der Waals surface area contributed by atoms with Crippen molar-refractivity contribution in [3.05, 3.63) is 42.5 Å². The molecule has 2 N–H and O–H groups in total. The highest BCUT2D eigenvalue weighted by atomic mass is 16.4. The molecular formula is C10H8N4O2. The van der Waals surface area contributed by atoms with Crippen molar-refractivity contribution in [2.24, 2.45) is 0 Å². The molecule has 6 heteroatoms. The van der Waals surface area contributed by atoms with E-state index in [1.807, 2.05) is 0 Å². The van der Waals surface area contributed by atoms with E-state index >= 15 is 0 Å². The van der Waals surface area contributed by atoms with Crippen LogP contribution in [-0.2, 0) is 0 Å². The third kappa shape index (κ3) is 2.30. The van der Waals surface area contributed by atoms with E-state index in [1.165, 1.54) is 24.8 Å². The molecule has 1 aromatic heterocycles. The summed E-state index contributed by atoms with van der Waals surface area (Å²) in [4.78, 5) is 22.1. The van der Waals surface area contributed by atoms with Gasteiger partial charge in [-0.15, -0.1) is 0 Å². The van der Waals surface area contributed by atoms with Gasteiger partial charge in [-0.25, -0.2) is 19.7 Å². The number of benzene rings is 1. The zero-order valence-electron chi connectivity index (χ0n) is 8.16. The van der Waals surface area contributed by atoms with Gasteiger partial charge in [0, 0.05) is 5.69 Å². The second-order valence-electron chi connectivity index (χ2n) is 2.97. The minimum atomic E-state index is -0.973. The number of rotatable bonds is 3. The van der Waals surface area contributed by atoms with Gasteiger partial charge in [0.15, 0.2) is 0 Å². The Morgan fingerprint density at radius 1 is 1.25 bits per heavy atom. The Morgan fingerprint density at radius 2 is 2.00 bits per heavy atom. The Kier molecular flexibility index (Phi) is 2.73. The van der Waals surface area contributed by atoms with Crippen molar-refractivity contribution in [2.75, 3.05) is 5.32 Å². The van der Waals surface area contributed by atoms with Crippen molar-refractivity contribution in [3.63, 3.8) is 0 Å². The molecule has 0 radical (unpaired) electrons. The van der Waals surface area contributed by atoms with Gasteiger partial charge in [-0.2, -0.15) is 0 Å². The third-order valence-corrected chi connectivity index (χ3v) is 1.86. The van der Waals surface area contributed by atoms with E-state index in [4.69, 9.17) is 5.11 Å². The molecule has 80 valence electrons. The Hall–Kier alpha value is -2.50. The largest absolute Gasteiger partial charge is 0.478 e. The summed E-state index contributed by atoms with van der Waals surface area (Å²) < 4.78 is 0. The SMILES string of the molecule is O=C(O)c1cccc(Nc2ncncn2)c1. The maximum absolute atomic E-state index is 10.7. The average Bonchev–Trinajstić information content (AvgIpc) is 2.30. The molecule has 0 unspecified atom stereocenters. The minimum absolute atomic E-state index is 0.207. The van der Waals surface area contributed by atoms with Gasteiger partial charge in [0.1, 0.15) is 12.7 Å². The molecule has 16 heavy (non-hydrogen) atoms. The summed E-state index contributed by atoms with van der Waals surface area (Å²) in [7, 11) is 0. The van der Waals surface area contributed by atoms with Crippen molar-refractivity contribution < 1.29 is 9.90 Å². The second-order valence-corrected chi connectivity index (χ2v) is 2.97. The molecule has 1 heterocycles. The number of carbonyl (C=O) groups is 1. The lowest BCUT2D eigenvalue weighted by Gasteiger charge is -2.04. The van der Waals surface area contributed by atoms with Crippen molar-refractivity contribution in [2.45, 2.75) is 0 Å². The maximum atomic E-state index is 10.7. The summed E-state index contributed by atoms with van der Waals surface area (Å²) >= 11 is 0. The molecule has 6 nitrogen and oxygen atoms in total. The van der Waals surface area contributed by atoms with E-state index in [-0.39, 0.29) is 5.56 Å². The summed E-state index contributed by atoms with van der Waals surface area (Å²) in [6.45, 7) is 0. The monoisotopic (exact) mass is 216 g/mol. The first kappa shape index (κ1) is 10.0. The van der Waals surface area contributed by atoms with Gasteiger partial charge in [-0.1, -0.05) is 6.07 Å². The van der Waals surface area contributed by atoms with Crippen LogP contribution >= 0.6 is 0 Å². The predicted molar refractivity (Wildman–Crippen MR) is 56.5 cm³/mol. The molecule has 0 spiro atoms. The van der Waals surface area contributed by atoms with Gasteiger partial charge >= 0.3 is 5.97 Å². The molecule has 2 rings (SSSR count). The molecule has 2 aromatic rings. The summed E-state index contributed by atoms with van der Waals surface area (Å²) in [5, 5.41) is 11.7. The van der Waals surface area contributed by atoms with Crippen LogP contribution in [0.25, 0.3) is 0 Å². The molecular weight excluding hydrogens is 208 g/mol. The summed E-state index contributed by atoms with van der Waals surface area (Å²) in [5.74, 6) is -0.600. The number of aromatic nitrogens is 3. The third-order valence-electron chi connectivity index (χ3n) is 1.86. The highest BCUT2D eigenvalue weighted by molar-refractivity contribution is 5.88. The van der Waals surface area contributed by atoms with Gasteiger partial charge in [0.05, 0.1) is 5.56 Å². The first-order valence-corrected chi connectivity index (χ1v) is 4.48. The molecule has 0 atom stereocenters. The van der Waals surface area contributed by atoms with E-state index in [9.17, 15) is 4.79 Å². The molecule has 0 amide bonds. The normalized spacial score (nSPS) is 9.75. The van der Waals surface area contributed by atoms with Crippen LogP contribution in [0.1, 0.15) is 10.4 Å². The van der Waals surface area contributed by atoms with Crippen LogP contribution in [0.2, 0.25) is 0 Å². The van der Waals surface area contributed by atoms with Crippen LogP contribution in [-0.4, -0.2) is 26.0 Å². The number of hydrogen-bond acceptors (Lipinski definition) is 5. The summed E-state index contributed by atoms with van der Waals surface area (Å²) in [6, 6.07) is 6.40. The highest BCUT2D eigenvalue weighted by Gasteiger charge is 2.03. The number of carboxylic acid groups (broad SMARTS) is 1. The zero-order chi connectivity index (χ0) is 11.4. The first-order valence-electron chi connectivity index (χ1n) is 4.48. The topological polar surface area (TPSA) is 88.0 Å². The Bertz CT molecular complexity index is 501. The van der Waals surface area contributed by atoms with E-state index in [0.717, 1.165) is 0 Å². The van der Waals surface area contributed by atoms with Gasteiger partial charge in [-0.3, -0.25) is 0 Å². The molecule has 0 bridgehead atoms. The lowest BCUT2D eigenvalue weighted by molar-refractivity contribution is 0.0697. The minimum Gasteiger partial charge on any atom is -0.478 e. The number of hydrogen-bond donors (Lipinski definition) is 2. The number of anilines is 2. The van der Waals surface area contributed by atoms with Crippen LogP contribution < -0.4 is 5.32 Å². The number of carboxylic acids is 1. The lowest BCUT2D eigenvalue weighted by atomic mass is 10.2. The quantitative estimate of drug-likeness (QED) is 0.804. The molecule has 0 saturated heterocycles. The molecule has 0 saturated carbocycles. The van der Waals surface area contributed by atoms with Crippen LogP contribution in [0, 0.1) is 0 Å². The zero-order valence-corrected chi connectivity index (χ0v) is 8.16. The second kappa shape index (κ2) is 4.35. The Morgan fingerprint density at radius 3 is 2.69 bits per heavy atom. The fourth-order valence-corrected chi connectivity index (χ4v) is 1.16. The highest BCUT2D eigenvalue weighted by Crippen LogP contribution is 2.13. The number of aromatic carboxylic acids is 1. The lowest BCUT2D eigenvalue weighted by Crippen LogP contribution is -2.00. The molecule has 1 aromatic carbocycles. The Balaban J connectivity index is 2.22. The van der Waals surface area contributed by atoms with Gasteiger partial charge in [0.25, 0.3) is 0 Å². The van der Waals surface area contributed by atoms with E-state index in [1.54, 1.807) is 12.1 Å². The van der Waals surface area contributed by atoms with Crippen molar-refractivity contribution in [1.82, 2.24) is 15.0 Å². The molecule has 0 aliphatic carbocycles. The van der Waals surface area contributed by atoms with Gasteiger partial charge in [-0.05, 0) is 18.2 Å². The van der Waals surface area contributed by atoms with Crippen molar-refractivity contribution >= 4 is 17.6 Å². The van der Waals surface area contributed by atoms with Crippen LogP contribution in [0.5, 0.6) is 0 Å². The first-order chi connectivity index (χ1) is 7.75. The fourth-order valence-electron chi connectivity index (χ4n) is 1.16. The fraction of sp³-hybridized carbons (Fsp3) is 0. The van der Waals surface area contributed by atoms with Gasteiger partial charge < -0.3 is 10.4 Å². The number of nitrogens with zero attached hydrogens (tertiary/aromatic N) is 3. The van der Waals surface area contributed by atoms with Crippen molar-refractivity contribution in [3.8, 4) is 0 Å². The van der Waals surface area contributed by atoms with Gasteiger partial charge in [0.2, 0.25) is 5.95 Å². The van der Waals surface area contributed by atoms with E-state index in [2.05, 4.69) is 20.3 Å². The standard InChI is InChI=1S/C10H8N4O2/c15-9(16)7-2-1-3-8(4-7)14-10-12-5-11-6-13-10/h1-6H,(H,15,16)(H,11,12,13,14). The summed E-state index contributed by atoms with van der Waals surface area (Å²) in [5.41, 5.74) is 0.824. The van der Waals surface area contributed by atoms with E-state index < -0.39 is 5.97 Å². The van der Waals surface area contributed by atoms with Crippen LogP contribution in [0.15, 0.2) is 36.9 Å². The molecule has 0 aliphatic rings. The molecule has 0 fully saturated rings. The predicted octanol–water partition coefficient (Wildman–Crippen LogP) is 1.31. The van der Waals surface area contributed by atoms with E-state index in [0.29, 0.717) is 11.6 Å². The maximum Gasteiger partial charge on any atom is 0.335 e. The van der Waals surface area contributed by atoms with Crippen LogP contribution in [0.3, 0.4) is 0 Å². The smallest absolute Gasteiger partial charge is 0.335 e. The number of nitrogens with one attached hydrogen (secondary N) is 1. The molecule has 0 aliphatic heterocycles. The average molecular weight is 216 g/mol. The summed E-state index contributed by atoms with van der Waals surface area (Å²) in [6.07, 6.45) is 2.72. The van der Waals surface area contributed by atoms with Crippen LogP contribution in [0.4, 0.5) is 11.6 Å². The Labute approximate surface area is 91.0 Å². The van der Waals surface area contributed by atoms with Crippen molar-refractivity contribution in [1.29, 1.82) is 0 Å².